The molecule has 2 N–H and O–H groups in total. The van der Waals surface area contributed by atoms with E-state index in [0.29, 0.717) is 41.7 Å². The van der Waals surface area contributed by atoms with Crippen molar-refractivity contribution in [3.8, 4) is 17.3 Å². The van der Waals surface area contributed by atoms with Crippen LogP contribution in [0.3, 0.4) is 0 Å². The number of rotatable bonds is 5. The lowest BCUT2D eigenvalue weighted by atomic mass is 9.91. The van der Waals surface area contributed by atoms with Crippen LogP contribution in [0.25, 0.3) is 11.3 Å². The van der Waals surface area contributed by atoms with E-state index in [0.717, 1.165) is 16.8 Å². The van der Waals surface area contributed by atoms with Gasteiger partial charge in [0.2, 0.25) is 5.95 Å². The van der Waals surface area contributed by atoms with Crippen molar-refractivity contribution in [1.82, 2.24) is 19.7 Å². The molecule has 36 heavy (non-hydrogen) atoms. The van der Waals surface area contributed by atoms with Gasteiger partial charge in [-0.2, -0.15) is 10.4 Å². The molecule has 10 nitrogen and oxygen atoms in total. The molecule has 0 saturated heterocycles. The standard InChI is InChI=1S/C26H31N7O3/c1-25(2,3)36-24(35)33-10-8-16-11-17(12-18(14-27)22(16)33)19-7-9-28-23(29-19)30-21-13-20(31-32(21)6)26(4,5)15-34/h7,9,11-13,34H,8,10,15H2,1-6H3,(H,28,29,30). The van der Waals surface area contributed by atoms with Crippen molar-refractivity contribution < 1.29 is 14.6 Å². The highest BCUT2D eigenvalue weighted by atomic mass is 16.6. The summed E-state index contributed by atoms with van der Waals surface area (Å²) in [6.45, 7) is 9.71. The number of carbonyl (C=O) groups excluding carboxylic acids is 1. The number of hydrogen-bond acceptors (Lipinski definition) is 8. The van der Waals surface area contributed by atoms with Crippen molar-refractivity contribution in [3.63, 3.8) is 0 Å². The van der Waals surface area contributed by atoms with E-state index in [1.165, 1.54) is 4.90 Å². The Bertz CT molecular complexity index is 1350. The number of carbonyl (C=O) groups is 1. The number of benzene rings is 1. The first-order chi connectivity index (χ1) is 16.9. The Morgan fingerprint density at radius 1 is 1.25 bits per heavy atom. The second-order valence-electron chi connectivity index (χ2n) is 10.5. The molecule has 2 aromatic heterocycles. The zero-order valence-electron chi connectivity index (χ0n) is 21.5. The van der Waals surface area contributed by atoms with Gasteiger partial charge in [0.05, 0.1) is 29.2 Å². The van der Waals surface area contributed by atoms with Gasteiger partial charge in [-0.25, -0.2) is 14.8 Å². The van der Waals surface area contributed by atoms with Crippen LogP contribution < -0.4 is 10.2 Å². The number of anilines is 3. The number of ether oxygens (including phenoxy) is 1. The zero-order valence-corrected chi connectivity index (χ0v) is 21.5. The molecule has 0 aliphatic carbocycles. The summed E-state index contributed by atoms with van der Waals surface area (Å²) in [6.07, 6.45) is 1.80. The Hall–Kier alpha value is -3.97. The van der Waals surface area contributed by atoms with Crippen LogP contribution in [0.5, 0.6) is 0 Å². The number of nitrogens with zero attached hydrogens (tertiary/aromatic N) is 6. The lowest BCUT2D eigenvalue weighted by Crippen LogP contribution is -2.36. The van der Waals surface area contributed by atoms with Gasteiger partial charge in [-0.15, -0.1) is 0 Å². The SMILES string of the molecule is Cn1nc(C(C)(C)CO)cc1Nc1nccc(-c2cc(C#N)c3c(c2)CCN3C(=O)OC(C)(C)C)n1. The van der Waals surface area contributed by atoms with Gasteiger partial charge < -0.3 is 15.2 Å². The van der Waals surface area contributed by atoms with Crippen LogP contribution in [-0.2, 0) is 23.6 Å². The molecule has 4 rings (SSSR count). The normalized spacial score (nSPS) is 13.3. The van der Waals surface area contributed by atoms with Crippen molar-refractivity contribution in [2.24, 2.45) is 7.05 Å². The molecule has 188 valence electrons. The van der Waals surface area contributed by atoms with Crippen molar-refractivity contribution >= 4 is 23.5 Å². The van der Waals surface area contributed by atoms with Crippen LogP contribution in [0.4, 0.5) is 22.2 Å². The lowest BCUT2D eigenvalue weighted by Gasteiger charge is -2.25. The van der Waals surface area contributed by atoms with Gasteiger partial charge in [0.15, 0.2) is 0 Å². The third kappa shape index (κ3) is 5.02. The van der Waals surface area contributed by atoms with E-state index in [1.54, 1.807) is 30.1 Å². The number of aryl methyl sites for hydroxylation is 1. The molecule has 0 fully saturated rings. The largest absolute Gasteiger partial charge is 0.443 e. The van der Waals surface area contributed by atoms with Gasteiger partial charge in [0.25, 0.3) is 0 Å². The summed E-state index contributed by atoms with van der Waals surface area (Å²) in [5.41, 5.74) is 2.92. The minimum atomic E-state index is -0.626. The molecule has 0 spiro atoms. The average Bonchev–Trinajstić information content (AvgIpc) is 3.41. The number of hydrogen-bond donors (Lipinski definition) is 2. The highest BCUT2D eigenvalue weighted by Gasteiger charge is 2.32. The summed E-state index contributed by atoms with van der Waals surface area (Å²) in [5.74, 6) is 1.06. The summed E-state index contributed by atoms with van der Waals surface area (Å²) in [4.78, 5) is 23.2. The zero-order chi connectivity index (χ0) is 26.3. The van der Waals surface area contributed by atoms with Crippen molar-refractivity contribution in [2.45, 2.75) is 52.1 Å². The predicted molar refractivity (Wildman–Crippen MR) is 136 cm³/mol. The summed E-state index contributed by atoms with van der Waals surface area (Å²) in [6, 6.07) is 9.56. The Morgan fingerprint density at radius 3 is 2.67 bits per heavy atom. The number of aliphatic hydroxyl groups excluding tert-OH is 1. The third-order valence-electron chi connectivity index (χ3n) is 5.96. The summed E-state index contributed by atoms with van der Waals surface area (Å²) < 4.78 is 7.21. The third-order valence-corrected chi connectivity index (χ3v) is 5.96. The molecule has 10 heteroatoms. The first-order valence-corrected chi connectivity index (χ1v) is 11.8. The predicted octanol–water partition coefficient (Wildman–Crippen LogP) is 4.06. The Kier molecular flexibility index (Phi) is 6.45. The molecule has 0 saturated carbocycles. The van der Waals surface area contributed by atoms with Crippen LogP contribution in [0.15, 0.2) is 30.5 Å². The van der Waals surface area contributed by atoms with Crippen LogP contribution >= 0.6 is 0 Å². The topological polar surface area (TPSA) is 129 Å². The van der Waals surface area contributed by atoms with E-state index in [1.807, 2.05) is 46.8 Å². The molecule has 1 amide bonds. The van der Waals surface area contributed by atoms with Crippen LogP contribution in [-0.4, -0.2) is 49.7 Å². The monoisotopic (exact) mass is 489 g/mol. The number of nitrogens with one attached hydrogen (secondary N) is 1. The molecule has 0 radical (unpaired) electrons. The molecule has 0 unspecified atom stereocenters. The quantitative estimate of drug-likeness (QED) is 0.549. The fourth-order valence-corrected chi connectivity index (χ4v) is 3.97. The Labute approximate surface area is 210 Å². The summed E-state index contributed by atoms with van der Waals surface area (Å²) >= 11 is 0. The first kappa shape index (κ1) is 25.1. The van der Waals surface area contributed by atoms with Crippen LogP contribution in [0, 0.1) is 11.3 Å². The van der Waals surface area contributed by atoms with Crippen molar-refractivity contribution in [2.75, 3.05) is 23.4 Å². The van der Waals surface area contributed by atoms with Gasteiger partial charge in [-0.05, 0) is 51.0 Å². The van der Waals surface area contributed by atoms with Crippen molar-refractivity contribution in [3.05, 3.63) is 47.3 Å². The lowest BCUT2D eigenvalue weighted by molar-refractivity contribution is 0.0584. The molecule has 1 aromatic carbocycles. The molecule has 3 heterocycles. The van der Waals surface area contributed by atoms with E-state index in [9.17, 15) is 15.2 Å². The van der Waals surface area contributed by atoms with Gasteiger partial charge in [-0.3, -0.25) is 9.58 Å². The van der Waals surface area contributed by atoms with E-state index >= 15 is 0 Å². The maximum Gasteiger partial charge on any atom is 0.414 e. The molecule has 1 aliphatic rings. The molecule has 1 aliphatic heterocycles. The summed E-state index contributed by atoms with van der Waals surface area (Å²) in [7, 11) is 1.80. The number of aliphatic hydroxyl groups is 1. The summed E-state index contributed by atoms with van der Waals surface area (Å²) in [5, 5.41) is 27.2. The van der Waals surface area contributed by atoms with Crippen LogP contribution in [0.2, 0.25) is 0 Å². The van der Waals surface area contributed by atoms with E-state index in [2.05, 4.69) is 26.5 Å². The second-order valence-corrected chi connectivity index (χ2v) is 10.5. The van der Waals surface area contributed by atoms with Gasteiger partial charge in [0, 0.05) is 36.8 Å². The highest BCUT2D eigenvalue weighted by Crippen LogP contribution is 2.36. The van der Waals surface area contributed by atoms with E-state index in [-0.39, 0.29) is 6.61 Å². The molecule has 0 atom stereocenters. The van der Waals surface area contributed by atoms with Gasteiger partial charge >= 0.3 is 6.09 Å². The number of nitriles is 1. The maximum atomic E-state index is 12.7. The second kappa shape index (κ2) is 9.24. The number of amides is 1. The highest BCUT2D eigenvalue weighted by molar-refractivity contribution is 5.93. The smallest absolute Gasteiger partial charge is 0.414 e. The fraction of sp³-hybridized carbons (Fsp3) is 0.423. The minimum absolute atomic E-state index is 0.0274. The Balaban J connectivity index is 1.63. The fourth-order valence-electron chi connectivity index (χ4n) is 3.97. The first-order valence-electron chi connectivity index (χ1n) is 11.8. The van der Waals surface area contributed by atoms with Crippen molar-refractivity contribution in [1.29, 1.82) is 5.26 Å². The van der Waals surface area contributed by atoms with E-state index < -0.39 is 17.1 Å². The molecular weight excluding hydrogens is 458 g/mol. The molecular formula is C26H31N7O3. The Morgan fingerprint density at radius 2 is 2.00 bits per heavy atom. The minimum Gasteiger partial charge on any atom is -0.443 e. The van der Waals surface area contributed by atoms with Gasteiger partial charge in [-0.1, -0.05) is 13.8 Å². The average molecular weight is 490 g/mol. The number of aromatic nitrogens is 4. The van der Waals surface area contributed by atoms with Crippen LogP contribution in [0.1, 0.15) is 51.4 Å². The van der Waals surface area contributed by atoms with Gasteiger partial charge in [0.1, 0.15) is 17.5 Å². The van der Waals surface area contributed by atoms with E-state index in [4.69, 9.17) is 4.74 Å². The molecule has 0 bridgehead atoms. The number of fused-ring (bicyclic) bond motifs is 1. The maximum absolute atomic E-state index is 12.7. The molecule has 3 aromatic rings.